The van der Waals surface area contributed by atoms with Crippen LogP contribution < -0.4 is 5.73 Å². The molecule has 0 fully saturated rings. The molecule has 0 saturated carbocycles. The molecule has 0 aliphatic carbocycles. The molecule has 0 atom stereocenters. The molecular weight excluding hydrogens is 209 g/mol. The van der Waals surface area contributed by atoms with Crippen molar-refractivity contribution in [1.82, 2.24) is 4.98 Å². The van der Waals surface area contributed by atoms with E-state index >= 15 is 0 Å². The Morgan fingerprint density at radius 3 is 2.31 bits per heavy atom. The van der Waals surface area contributed by atoms with Crippen molar-refractivity contribution >= 4 is 18.2 Å². The number of nitrogens with zero attached hydrogens (tertiary/aromatic N) is 1. The molecule has 1 aromatic rings. The Balaban J connectivity index is 0.00000144. The lowest BCUT2D eigenvalue weighted by Crippen LogP contribution is -2.09. The molecule has 0 bridgehead atoms. The lowest BCUT2D eigenvalue weighted by molar-refractivity contribution is -0.137. The average molecular weight is 215 g/mol. The number of pyridine rings is 1. The maximum atomic E-state index is 12.0. The van der Waals surface area contributed by atoms with Gasteiger partial charge in [0.05, 0.1) is 6.20 Å². The highest BCUT2D eigenvalue weighted by molar-refractivity contribution is 5.85. The van der Waals surface area contributed by atoms with Gasteiger partial charge in [0.2, 0.25) is 0 Å². The maximum Gasteiger partial charge on any atom is 0.420 e. The van der Waals surface area contributed by atoms with Crippen molar-refractivity contribution in [3.63, 3.8) is 0 Å². The van der Waals surface area contributed by atoms with E-state index in [0.29, 0.717) is 6.07 Å². The summed E-state index contributed by atoms with van der Waals surface area (Å²) in [6.07, 6.45) is -3.72. The van der Waals surface area contributed by atoms with Gasteiger partial charge in [0.25, 0.3) is 0 Å². The average Bonchev–Trinajstić information content (AvgIpc) is 1.92. The first-order valence-electron chi connectivity index (χ1n) is 2.93. The standard InChI is InChI=1S/C6H5F3N2O.ClH/c7-6(8,9)4-1-3(12)2-11-5(4)10;/h1-2,12H,(H2,10,11);1H. The minimum atomic E-state index is -4.57. The number of nitrogen functional groups attached to an aromatic ring is 1. The van der Waals surface area contributed by atoms with E-state index < -0.39 is 23.3 Å². The summed E-state index contributed by atoms with van der Waals surface area (Å²) < 4.78 is 36.0. The Kier molecular flexibility index (Phi) is 3.36. The fourth-order valence-corrected chi connectivity index (χ4v) is 0.691. The smallest absolute Gasteiger partial charge is 0.420 e. The van der Waals surface area contributed by atoms with Gasteiger partial charge in [-0.05, 0) is 6.07 Å². The van der Waals surface area contributed by atoms with Gasteiger partial charge >= 0.3 is 6.18 Å². The minimum Gasteiger partial charge on any atom is -0.506 e. The monoisotopic (exact) mass is 214 g/mol. The van der Waals surface area contributed by atoms with Gasteiger partial charge in [-0.25, -0.2) is 4.98 Å². The second-order valence-electron chi connectivity index (χ2n) is 2.12. The molecule has 3 nitrogen and oxygen atoms in total. The summed E-state index contributed by atoms with van der Waals surface area (Å²) in [4.78, 5) is 3.15. The first-order valence-corrected chi connectivity index (χ1v) is 2.93. The van der Waals surface area contributed by atoms with Crippen LogP contribution in [-0.2, 0) is 6.18 Å². The number of alkyl halides is 3. The number of anilines is 1. The second kappa shape index (κ2) is 3.69. The van der Waals surface area contributed by atoms with Gasteiger partial charge in [0.15, 0.2) is 0 Å². The molecule has 0 spiro atoms. The molecule has 7 heteroatoms. The zero-order valence-corrected chi connectivity index (χ0v) is 6.99. The molecule has 0 amide bonds. The van der Waals surface area contributed by atoms with Crippen molar-refractivity contribution in [1.29, 1.82) is 0 Å². The highest BCUT2D eigenvalue weighted by Crippen LogP contribution is 2.33. The first kappa shape index (κ1) is 11.8. The summed E-state index contributed by atoms with van der Waals surface area (Å²) in [5.74, 6) is -1.20. The zero-order valence-electron chi connectivity index (χ0n) is 6.17. The number of hydrogen-bond acceptors (Lipinski definition) is 3. The van der Waals surface area contributed by atoms with Crippen LogP contribution in [0.1, 0.15) is 5.56 Å². The molecule has 74 valence electrons. The topological polar surface area (TPSA) is 59.1 Å². The van der Waals surface area contributed by atoms with Crippen molar-refractivity contribution in [2.45, 2.75) is 6.18 Å². The van der Waals surface area contributed by atoms with E-state index in [2.05, 4.69) is 4.98 Å². The van der Waals surface area contributed by atoms with Crippen LogP contribution in [0.2, 0.25) is 0 Å². The summed E-state index contributed by atoms with van der Waals surface area (Å²) in [5, 5.41) is 8.68. The minimum absolute atomic E-state index is 0. The molecule has 0 aromatic carbocycles. The molecule has 0 radical (unpaired) electrons. The number of hydrogen-bond donors (Lipinski definition) is 2. The quantitative estimate of drug-likeness (QED) is 0.693. The van der Waals surface area contributed by atoms with E-state index in [9.17, 15) is 13.2 Å². The molecule has 0 saturated heterocycles. The largest absolute Gasteiger partial charge is 0.506 e. The van der Waals surface area contributed by atoms with Crippen molar-refractivity contribution in [3.8, 4) is 5.75 Å². The van der Waals surface area contributed by atoms with Gasteiger partial charge < -0.3 is 10.8 Å². The molecule has 0 aliphatic heterocycles. The van der Waals surface area contributed by atoms with Crippen LogP contribution in [0, 0.1) is 0 Å². The Labute approximate surface area is 77.8 Å². The van der Waals surface area contributed by atoms with Crippen LogP contribution in [0.3, 0.4) is 0 Å². The Morgan fingerprint density at radius 1 is 1.38 bits per heavy atom. The van der Waals surface area contributed by atoms with Crippen LogP contribution in [0.4, 0.5) is 19.0 Å². The van der Waals surface area contributed by atoms with Crippen LogP contribution in [0.15, 0.2) is 12.3 Å². The van der Waals surface area contributed by atoms with Crippen molar-refractivity contribution in [2.75, 3.05) is 5.73 Å². The third-order valence-corrected chi connectivity index (χ3v) is 1.21. The van der Waals surface area contributed by atoms with Crippen molar-refractivity contribution < 1.29 is 18.3 Å². The molecule has 1 rings (SSSR count). The predicted octanol–water partition coefficient (Wildman–Crippen LogP) is 1.81. The summed E-state index contributed by atoms with van der Waals surface area (Å²) in [5.41, 5.74) is 3.81. The molecule has 0 aliphatic rings. The summed E-state index contributed by atoms with van der Waals surface area (Å²) in [7, 11) is 0. The number of nitrogens with two attached hydrogens (primary N) is 1. The number of aromatic nitrogens is 1. The maximum absolute atomic E-state index is 12.0. The Hall–Kier alpha value is -1.17. The van der Waals surface area contributed by atoms with Crippen LogP contribution >= 0.6 is 12.4 Å². The van der Waals surface area contributed by atoms with E-state index in [1.54, 1.807) is 0 Å². The molecule has 1 heterocycles. The van der Waals surface area contributed by atoms with Crippen LogP contribution in [-0.4, -0.2) is 10.1 Å². The number of rotatable bonds is 0. The molecular formula is C6H6ClF3N2O. The fraction of sp³-hybridized carbons (Fsp3) is 0.167. The Bertz CT molecular complexity index is 302. The van der Waals surface area contributed by atoms with Crippen molar-refractivity contribution in [3.05, 3.63) is 17.8 Å². The van der Waals surface area contributed by atoms with Gasteiger partial charge in [0.1, 0.15) is 17.1 Å². The van der Waals surface area contributed by atoms with Gasteiger partial charge in [-0.2, -0.15) is 13.2 Å². The third-order valence-electron chi connectivity index (χ3n) is 1.21. The second-order valence-corrected chi connectivity index (χ2v) is 2.12. The lowest BCUT2D eigenvalue weighted by Gasteiger charge is -2.08. The van der Waals surface area contributed by atoms with E-state index in [0.717, 1.165) is 6.20 Å². The van der Waals surface area contributed by atoms with Gasteiger partial charge in [-0.1, -0.05) is 0 Å². The Morgan fingerprint density at radius 2 is 1.92 bits per heavy atom. The third kappa shape index (κ3) is 2.66. The van der Waals surface area contributed by atoms with Gasteiger partial charge in [0, 0.05) is 0 Å². The van der Waals surface area contributed by atoms with Crippen LogP contribution in [0.25, 0.3) is 0 Å². The SMILES string of the molecule is Cl.Nc1ncc(O)cc1C(F)(F)F. The van der Waals surface area contributed by atoms with E-state index in [1.807, 2.05) is 0 Å². The fourth-order valence-electron chi connectivity index (χ4n) is 0.691. The highest BCUT2D eigenvalue weighted by Gasteiger charge is 2.33. The normalized spacial score (nSPS) is 10.7. The molecule has 1 aromatic heterocycles. The highest BCUT2D eigenvalue weighted by atomic mass is 35.5. The molecule has 13 heavy (non-hydrogen) atoms. The summed E-state index contributed by atoms with van der Waals surface area (Å²) >= 11 is 0. The molecule has 0 unspecified atom stereocenters. The van der Waals surface area contributed by atoms with E-state index in [-0.39, 0.29) is 12.4 Å². The van der Waals surface area contributed by atoms with Gasteiger partial charge in [-0.15, -0.1) is 12.4 Å². The van der Waals surface area contributed by atoms with Crippen LogP contribution in [0.5, 0.6) is 5.75 Å². The van der Waals surface area contributed by atoms with E-state index in [1.165, 1.54) is 0 Å². The first-order chi connectivity index (χ1) is 5.41. The number of halogens is 4. The zero-order chi connectivity index (χ0) is 9.35. The lowest BCUT2D eigenvalue weighted by atomic mass is 10.2. The summed E-state index contributed by atoms with van der Waals surface area (Å²) in [6, 6.07) is 0.530. The van der Waals surface area contributed by atoms with Gasteiger partial charge in [-0.3, -0.25) is 0 Å². The summed E-state index contributed by atoms with van der Waals surface area (Å²) in [6.45, 7) is 0. The predicted molar refractivity (Wildman–Crippen MR) is 42.6 cm³/mol. The van der Waals surface area contributed by atoms with Crippen molar-refractivity contribution in [2.24, 2.45) is 0 Å². The molecule has 3 N–H and O–H groups in total. The van der Waals surface area contributed by atoms with E-state index in [4.69, 9.17) is 10.8 Å². The number of aromatic hydroxyl groups is 1.